The maximum atomic E-state index is 12.3. The molecule has 0 spiro atoms. The molecule has 1 atom stereocenters. The molecular formula is C13H18ClN3O2S. The van der Waals surface area contributed by atoms with Crippen molar-refractivity contribution in [2.24, 2.45) is 0 Å². The maximum Gasteiger partial charge on any atom is 0.242 e. The van der Waals surface area contributed by atoms with Crippen molar-refractivity contribution < 1.29 is 8.42 Å². The Bertz CT molecular complexity index is 609. The van der Waals surface area contributed by atoms with Crippen molar-refractivity contribution in [2.45, 2.75) is 24.3 Å². The van der Waals surface area contributed by atoms with Crippen LogP contribution in [0, 0.1) is 11.3 Å². The van der Waals surface area contributed by atoms with E-state index in [1.54, 1.807) is 6.92 Å². The van der Waals surface area contributed by atoms with Gasteiger partial charge < -0.3 is 4.90 Å². The Morgan fingerprint density at radius 3 is 2.65 bits per heavy atom. The van der Waals surface area contributed by atoms with E-state index in [-0.39, 0.29) is 21.5 Å². The first-order valence-electron chi connectivity index (χ1n) is 6.13. The third-order valence-corrected chi connectivity index (χ3v) is 4.79. The molecule has 110 valence electrons. The van der Waals surface area contributed by atoms with Crippen LogP contribution in [0.2, 0.25) is 5.02 Å². The standard InChI is InChI=1S/C13H18ClN3O2S/c1-10(6-7-17(2)3)16-20(18,19)13-8-11(9-15)4-5-12(13)14/h4-5,8,10,16H,6-7H2,1-3H3. The minimum absolute atomic E-state index is 0.0603. The lowest BCUT2D eigenvalue weighted by atomic mass is 10.2. The van der Waals surface area contributed by atoms with Crippen LogP contribution >= 0.6 is 11.6 Å². The molecule has 0 radical (unpaired) electrons. The van der Waals surface area contributed by atoms with Gasteiger partial charge in [0, 0.05) is 6.04 Å². The predicted octanol–water partition coefficient (Wildman–Crippen LogP) is 1.83. The van der Waals surface area contributed by atoms with E-state index in [1.807, 2.05) is 25.1 Å². The van der Waals surface area contributed by atoms with Crippen LogP contribution in [-0.4, -0.2) is 40.0 Å². The predicted molar refractivity (Wildman–Crippen MR) is 79.1 cm³/mol. The maximum absolute atomic E-state index is 12.3. The number of nitrogens with one attached hydrogen (secondary N) is 1. The van der Waals surface area contributed by atoms with Crippen LogP contribution < -0.4 is 4.72 Å². The monoisotopic (exact) mass is 315 g/mol. The summed E-state index contributed by atoms with van der Waals surface area (Å²) in [5.41, 5.74) is 0.260. The number of benzene rings is 1. The summed E-state index contributed by atoms with van der Waals surface area (Å²) in [6.45, 7) is 2.57. The highest BCUT2D eigenvalue weighted by Gasteiger charge is 2.21. The van der Waals surface area contributed by atoms with Crippen molar-refractivity contribution >= 4 is 21.6 Å². The van der Waals surface area contributed by atoms with Crippen LogP contribution in [0.4, 0.5) is 0 Å². The van der Waals surface area contributed by atoms with Crippen LogP contribution in [-0.2, 0) is 10.0 Å². The first kappa shape index (κ1) is 16.9. The SMILES string of the molecule is CC(CCN(C)C)NS(=O)(=O)c1cc(C#N)ccc1Cl. The lowest BCUT2D eigenvalue weighted by molar-refractivity contribution is 0.379. The smallest absolute Gasteiger partial charge is 0.242 e. The van der Waals surface area contributed by atoms with Gasteiger partial charge in [-0.25, -0.2) is 13.1 Å². The molecule has 7 heteroatoms. The molecule has 0 aromatic heterocycles. The fourth-order valence-corrected chi connectivity index (χ4v) is 3.42. The van der Waals surface area contributed by atoms with Crippen LogP contribution in [0.1, 0.15) is 18.9 Å². The number of halogens is 1. The molecule has 1 aromatic rings. The first-order chi connectivity index (χ1) is 9.26. The quantitative estimate of drug-likeness (QED) is 0.869. The first-order valence-corrected chi connectivity index (χ1v) is 7.99. The molecule has 1 aromatic carbocycles. The molecule has 1 unspecified atom stereocenters. The third kappa shape index (κ3) is 4.76. The minimum Gasteiger partial charge on any atom is -0.309 e. The summed E-state index contributed by atoms with van der Waals surface area (Å²) in [4.78, 5) is 1.92. The van der Waals surface area contributed by atoms with E-state index in [2.05, 4.69) is 4.72 Å². The molecule has 0 saturated carbocycles. The summed E-state index contributed by atoms with van der Waals surface area (Å²) in [7, 11) is 0.128. The summed E-state index contributed by atoms with van der Waals surface area (Å²) < 4.78 is 27.1. The van der Waals surface area contributed by atoms with Gasteiger partial charge in [0.15, 0.2) is 0 Å². The highest BCUT2D eigenvalue weighted by molar-refractivity contribution is 7.89. The number of nitrogens with zero attached hydrogens (tertiary/aromatic N) is 2. The lowest BCUT2D eigenvalue weighted by Crippen LogP contribution is -2.35. The van der Waals surface area contributed by atoms with Gasteiger partial charge in [-0.3, -0.25) is 0 Å². The Morgan fingerprint density at radius 2 is 2.10 bits per heavy atom. The number of hydrogen-bond acceptors (Lipinski definition) is 4. The zero-order chi connectivity index (χ0) is 15.3. The molecule has 0 saturated heterocycles. The van der Waals surface area contributed by atoms with Gasteiger partial charge in [0.25, 0.3) is 0 Å². The van der Waals surface area contributed by atoms with Crippen LogP contribution in [0.3, 0.4) is 0 Å². The van der Waals surface area contributed by atoms with Crippen molar-refractivity contribution in [1.29, 1.82) is 5.26 Å². The zero-order valence-corrected chi connectivity index (χ0v) is 13.3. The summed E-state index contributed by atoms with van der Waals surface area (Å²) in [5.74, 6) is 0. The van der Waals surface area contributed by atoms with Crippen LogP contribution in [0.25, 0.3) is 0 Å². The molecule has 0 aliphatic rings. The minimum atomic E-state index is -3.72. The van der Waals surface area contributed by atoms with Gasteiger partial charge in [0.05, 0.1) is 16.7 Å². The lowest BCUT2D eigenvalue weighted by Gasteiger charge is -2.17. The average Bonchev–Trinajstić information content (AvgIpc) is 2.36. The van der Waals surface area contributed by atoms with Crippen molar-refractivity contribution in [3.05, 3.63) is 28.8 Å². The van der Waals surface area contributed by atoms with Crippen molar-refractivity contribution in [1.82, 2.24) is 9.62 Å². The Hall–Kier alpha value is -1.13. The van der Waals surface area contributed by atoms with E-state index >= 15 is 0 Å². The van der Waals surface area contributed by atoms with Gasteiger partial charge in [-0.15, -0.1) is 0 Å². The Labute approximate surface area is 125 Å². The molecule has 0 aliphatic carbocycles. The summed E-state index contributed by atoms with van der Waals surface area (Å²) in [6, 6.07) is 5.86. The average molecular weight is 316 g/mol. The fraction of sp³-hybridized carbons (Fsp3) is 0.462. The topological polar surface area (TPSA) is 73.2 Å². The van der Waals surface area contributed by atoms with E-state index in [9.17, 15) is 8.42 Å². The highest BCUT2D eigenvalue weighted by atomic mass is 35.5. The molecule has 0 fully saturated rings. The van der Waals surface area contributed by atoms with Crippen molar-refractivity contribution in [2.75, 3.05) is 20.6 Å². The Morgan fingerprint density at radius 1 is 1.45 bits per heavy atom. The Balaban J connectivity index is 2.92. The van der Waals surface area contributed by atoms with E-state index in [1.165, 1.54) is 18.2 Å². The van der Waals surface area contributed by atoms with Gasteiger partial charge in [0.2, 0.25) is 10.0 Å². The Kier molecular flexibility index (Phi) is 5.96. The summed E-state index contributed by atoms with van der Waals surface area (Å²) in [5, 5.41) is 8.94. The van der Waals surface area contributed by atoms with E-state index in [4.69, 9.17) is 16.9 Å². The largest absolute Gasteiger partial charge is 0.309 e. The van der Waals surface area contributed by atoms with Gasteiger partial charge in [-0.2, -0.15) is 5.26 Å². The molecule has 0 heterocycles. The number of rotatable bonds is 6. The van der Waals surface area contributed by atoms with Crippen LogP contribution in [0.5, 0.6) is 0 Å². The summed E-state index contributed by atoms with van der Waals surface area (Å²) >= 11 is 5.91. The van der Waals surface area contributed by atoms with Crippen molar-refractivity contribution in [3.63, 3.8) is 0 Å². The molecular weight excluding hydrogens is 298 g/mol. The zero-order valence-electron chi connectivity index (χ0n) is 11.7. The van der Waals surface area contributed by atoms with Gasteiger partial charge in [0.1, 0.15) is 4.90 Å². The van der Waals surface area contributed by atoms with Gasteiger partial charge in [-0.05, 0) is 52.2 Å². The number of hydrogen-bond donors (Lipinski definition) is 1. The van der Waals surface area contributed by atoms with Gasteiger partial charge in [-0.1, -0.05) is 11.6 Å². The number of sulfonamides is 1. The summed E-state index contributed by atoms with van der Waals surface area (Å²) in [6.07, 6.45) is 0.682. The normalized spacial score (nSPS) is 13.2. The fourth-order valence-electron chi connectivity index (χ4n) is 1.62. The molecule has 5 nitrogen and oxygen atoms in total. The molecule has 0 aliphatic heterocycles. The van der Waals surface area contributed by atoms with Gasteiger partial charge >= 0.3 is 0 Å². The second-order valence-corrected chi connectivity index (χ2v) is 6.96. The molecule has 20 heavy (non-hydrogen) atoms. The molecule has 1 N–H and O–H groups in total. The third-order valence-electron chi connectivity index (χ3n) is 2.72. The van der Waals surface area contributed by atoms with E-state index in [0.29, 0.717) is 6.42 Å². The second kappa shape index (κ2) is 7.04. The molecule has 1 rings (SSSR count). The second-order valence-electron chi connectivity index (χ2n) is 4.87. The van der Waals surface area contributed by atoms with Crippen molar-refractivity contribution in [3.8, 4) is 6.07 Å². The molecule has 0 bridgehead atoms. The highest BCUT2D eigenvalue weighted by Crippen LogP contribution is 2.22. The van der Waals surface area contributed by atoms with Crippen LogP contribution in [0.15, 0.2) is 23.1 Å². The molecule has 0 amide bonds. The van der Waals surface area contributed by atoms with E-state index in [0.717, 1.165) is 6.54 Å². The number of nitriles is 1. The van der Waals surface area contributed by atoms with E-state index < -0.39 is 10.0 Å².